The van der Waals surface area contributed by atoms with Crippen LogP contribution in [-0.4, -0.2) is 60.9 Å². The fraction of sp³-hybridized carbons (Fsp3) is 0.538. The second-order valence-electron chi connectivity index (χ2n) is 4.62. The van der Waals surface area contributed by atoms with Gasteiger partial charge in [-0.25, -0.2) is 0 Å². The third-order valence-electron chi connectivity index (χ3n) is 3.21. The Morgan fingerprint density at radius 1 is 1.35 bits per heavy atom. The van der Waals surface area contributed by atoms with Gasteiger partial charge in [-0.15, -0.1) is 11.3 Å². The molecule has 0 aliphatic carbocycles. The first-order valence-electron chi connectivity index (χ1n) is 6.63. The molecule has 1 aliphatic rings. The van der Waals surface area contributed by atoms with Crippen LogP contribution < -0.4 is 5.32 Å². The number of halogens is 1. The maximum Gasteiger partial charge on any atom is 0.265 e. The van der Waals surface area contributed by atoms with E-state index in [-0.39, 0.29) is 11.8 Å². The maximum atomic E-state index is 12.3. The van der Waals surface area contributed by atoms with Crippen molar-refractivity contribution < 1.29 is 9.59 Å². The number of hydrogen-bond donors (Lipinski definition) is 1. The Morgan fingerprint density at radius 2 is 2.05 bits per heavy atom. The van der Waals surface area contributed by atoms with Gasteiger partial charge >= 0.3 is 0 Å². The molecule has 0 aromatic carbocycles. The van der Waals surface area contributed by atoms with Crippen LogP contribution in [0.4, 0.5) is 0 Å². The summed E-state index contributed by atoms with van der Waals surface area (Å²) in [7, 11) is 0. The SMILES string of the molecule is CCNC(=O)CN1CCN(C(=O)c2sccc2Cl)CC1. The van der Waals surface area contributed by atoms with Gasteiger partial charge in [0.2, 0.25) is 5.91 Å². The van der Waals surface area contributed by atoms with Crippen molar-refractivity contribution in [3.63, 3.8) is 0 Å². The van der Waals surface area contributed by atoms with Gasteiger partial charge in [-0.2, -0.15) is 0 Å². The molecule has 1 N–H and O–H groups in total. The molecule has 1 aromatic heterocycles. The molecule has 0 radical (unpaired) electrons. The molecule has 0 atom stereocenters. The van der Waals surface area contributed by atoms with Crippen molar-refractivity contribution >= 4 is 34.8 Å². The minimum Gasteiger partial charge on any atom is -0.355 e. The molecule has 110 valence electrons. The Hall–Kier alpha value is -1.11. The summed E-state index contributed by atoms with van der Waals surface area (Å²) in [4.78, 5) is 28.2. The fourth-order valence-corrected chi connectivity index (χ4v) is 3.26. The van der Waals surface area contributed by atoms with E-state index in [1.165, 1.54) is 11.3 Å². The number of nitrogens with zero attached hydrogens (tertiary/aromatic N) is 2. The standard InChI is InChI=1S/C13H18ClN3O2S/c1-2-15-11(18)9-16-4-6-17(7-5-16)13(19)12-10(14)3-8-20-12/h3,8H,2,4-7,9H2,1H3,(H,15,18). The average Bonchev–Trinajstić information content (AvgIpc) is 2.85. The third-order valence-corrected chi connectivity index (χ3v) is 4.54. The Balaban J connectivity index is 1.84. The predicted octanol–water partition coefficient (Wildman–Crippen LogP) is 1.30. The van der Waals surface area contributed by atoms with Crippen molar-refractivity contribution in [2.45, 2.75) is 6.92 Å². The minimum atomic E-state index is -0.0114. The van der Waals surface area contributed by atoms with Crippen LogP contribution in [0.25, 0.3) is 0 Å². The average molecular weight is 316 g/mol. The first-order valence-corrected chi connectivity index (χ1v) is 7.89. The van der Waals surface area contributed by atoms with Crippen LogP contribution in [0.1, 0.15) is 16.6 Å². The van der Waals surface area contributed by atoms with Crippen LogP contribution in [0.5, 0.6) is 0 Å². The number of nitrogens with one attached hydrogen (secondary N) is 1. The maximum absolute atomic E-state index is 12.3. The molecule has 2 rings (SSSR count). The number of carbonyl (C=O) groups is 2. The number of amides is 2. The van der Waals surface area contributed by atoms with Crippen LogP contribution in [0.3, 0.4) is 0 Å². The van der Waals surface area contributed by atoms with Crippen LogP contribution in [0.2, 0.25) is 5.02 Å². The van der Waals surface area contributed by atoms with E-state index in [0.29, 0.717) is 49.2 Å². The Labute approximate surface area is 127 Å². The van der Waals surface area contributed by atoms with E-state index in [1.54, 1.807) is 11.0 Å². The zero-order chi connectivity index (χ0) is 14.5. The highest BCUT2D eigenvalue weighted by Crippen LogP contribution is 2.24. The number of carbonyl (C=O) groups excluding carboxylic acids is 2. The molecule has 1 aliphatic heterocycles. The van der Waals surface area contributed by atoms with Gasteiger partial charge in [0, 0.05) is 32.7 Å². The van der Waals surface area contributed by atoms with Crippen molar-refractivity contribution in [3.8, 4) is 0 Å². The molecule has 0 saturated carbocycles. The predicted molar refractivity (Wildman–Crippen MR) is 80.4 cm³/mol. The Kier molecular flexibility index (Phi) is 5.39. The lowest BCUT2D eigenvalue weighted by molar-refractivity contribution is -0.122. The highest BCUT2D eigenvalue weighted by molar-refractivity contribution is 7.12. The first-order chi connectivity index (χ1) is 9.61. The normalized spacial score (nSPS) is 16.2. The monoisotopic (exact) mass is 315 g/mol. The van der Waals surface area contributed by atoms with Gasteiger partial charge < -0.3 is 10.2 Å². The number of hydrogen-bond acceptors (Lipinski definition) is 4. The molecule has 7 heteroatoms. The molecule has 0 spiro atoms. The number of thiophene rings is 1. The van der Waals surface area contributed by atoms with Crippen LogP contribution >= 0.6 is 22.9 Å². The van der Waals surface area contributed by atoms with E-state index in [0.717, 1.165) is 0 Å². The van der Waals surface area contributed by atoms with Gasteiger partial charge in [0.1, 0.15) is 4.88 Å². The molecule has 1 saturated heterocycles. The van der Waals surface area contributed by atoms with Crippen LogP contribution in [0, 0.1) is 0 Å². The molecule has 5 nitrogen and oxygen atoms in total. The lowest BCUT2D eigenvalue weighted by Gasteiger charge is -2.34. The van der Waals surface area contributed by atoms with Crippen molar-refractivity contribution in [2.24, 2.45) is 0 Å². The van der Waals surface area contributed by atoms with Crippen LogP contribution in [-0.2, 0) is 4.79 Å². The lowest BCUT2D eigenvalue weighted by atomic mass is 10.3. The van der Waals surface area contributed by atoms with E-state index in [1.807, 2.05) is 12.3 Å². The smallest absolute Gasteiger partial charge is 0.265 e. The quantitative estimate of drug-likeness (QED) is 0.911. The Bertz CT molecular complexity index is 484. The van der Waals surface area contributed by atoms with Gasteiger partial charge in [-0.1, -0.05) is 11.6 Å². The summed E-state index contributed by atoms with van der Waals surface area (Å²) in [5.74, 6) is 0.0243. The molecular formula is C13H18ClN3O2S. The first kappa shape index (κ1) is 15.3. The van der Waals surface area contributed by atoms with Crippen molar-refractivity contribution in [2.75, 3.05) is 39.3 Å². The van der Waals surface area contributed by atoms with Crippen LogP contribution in [0.15, 0.2) is 11.4 Å². The summed E-state index contributed by atoms with van der Waals surface area (Å²) < 4.78 is 0. The molecule has 0 unspecified atom stereocenters. The largest absolute Gasteiger partial charge is 0.355 e. The topological polar surface area (TPSA) is 52.7 Å². The lowest BCUT2D eigenvalue weighted by Crippen LogP contribution is -2.51. The molecular weight excluding hydrogens is 298 g/mol. The Morgan fingerprint density at radius 3 is 2.60 bits per heavy atom. The van der Waals surface area contributed by atoms with E-state index in [9.17, 15) is 9.59 Å². The molecule has 0 bridgehead atoms. The van der Waals surface area contributed by atoms with E-state index in [2.05, 4.69) is 10.2 Å². The number of piperazine rings is 1. The summed E-state index contributed by atoms with van der Waals surface area (Å²) in [6, 6.07) is 1.74. The summed E-state index contributed by atoms with van der Waals surface area (Å²) in [5, 5.41) is 5.12. The fourth-order valence-electron chi connectivity index (χ4n) is 2.16. The second kappa shape index (κ2) is 7.06. The molecule has 2 amide bonds. The van der Waals surface area contributed by atoms with Gasteiger partial charge in [0.05, 0.1) is 11.6 Å². The molecule has 20 heavy (non-hydrogen) atoms. The van der Waals surface area contributed by atoms with Gasteiger partial charge in [-0.3, -0.25) is 14.5 Å². The van der Waals surface area contributed by atoms with Gasteiger partial charge in [-0.05, 0) is 18.4 Å². The minimum absolute atomic E-state index is 0.0114. The van der Waals surface area contributed by atoms with E-state index in [4.69, 9.17) is 11.6 Å². The van der Waals surface area contributed by atoms with Gasteiger partial charge in [0.25, 0.3) is 5.91 Å². The van der Waals surface area contributed by atoms with Crippen molar-refractivity contribution in [3.05, 3.63) is 21.3 Å². The molecule has 2 heterocycles. The van der Waals surface area contributed by atoms with E-state index >= 15 is 0 Å². The third kappa shape index (κ3) is 3.71. The zero-order valence-corrected chi connectivity index (χ0v) is 13.0. The second-order valence-corrected chi connectivity index (χ2v) is 5.94. The summed E-state index contributed by atoms with van der Waals surface area (Å²) in [6.45, 7) is 5.64. The zero-order valence-electron chi connectivity index (χ0n) is 11.4. The van der Waals surface area contributed by atoms with Crippen molar-refractivity contribution in [1.29, 1.82) is 0 Å². The van der Waals surface area contributed by atoms with Crippen molar-refractivity contribution in [1.82, 2.24) is 15.1 Å². The highest BCUT2D eigenvalue weighted by Gasteiger charge is 2.25. The summed E-state index contributed by atoms with van der Waals surface area (Å²) in [5.41, 5.74) is 0. The van der Waals surface area contributed by atoms with E-state index < -0.39 is 0 Å². The molecule has 1 fully saturated rings. The number of rotatable bonds is 4. The van der Waals surface area contributed by atoms with Gasteiger partial charge in [0.15, 0.2) is 0 Å². The molecule has 1 aromatic rings. The summed E-state index contributed by atoms with van der Waals surface area (Å²) in [6.07, 6.45) is 0. The number of likely N-dealkylation sites (N-methyl/N-ethyl adjacent to an activating group) is 1. The summed E-state index contributed by atoms with van der Waals surface area (Å²) >= 11 is 7.35. The highest BCUT2D eigenvalue weighted by atomic mass is 35.5.